The van der Waals surface area contributed by atoms with Crippen LogP contribution in [0.1, 0.15) is 44.9 Å². The van der Waals surface area contributed by atoms with Crippen molar-refractivity contribution in [3.63, 3.8) is 0 Å². The van der Waals surface area contributed by atoms with Crippen molar-refractivity contribution in [1.29, 1.82) is 0 Å². The number of rotatable bonds is 8. The molecule has 8 heteroatoms. The zero-order chi connectivity index (χ0) is 20.1. The van der Waals surface area contributed by atoms with Gasteiger partial charge in [0.1, 0.15) is 0 Å². The van der Waals surface area contributed by atoms with Crippen LogP contribution in [0.25, 0.3) is 0 Å². The largest absolute Gasteiger partial charge is 0.493 e. The van der Waals surface area contributed by atoms with E-state index in [1.165, 1.54) is 52.0 Å². The molecule has 1 saturated heterocycles. The number of carbonyl (C=O) groups excluding carboxylic acids is 1. The fourth-order valence-corrected chi connectivity index (χ4v) is 5.48. The van der Waals surface area contributed by atoms with Crippen molar-refractivity contribution in [1.82, 2.24) is 9.62 Å². The van der Waals surface area contributed by atoms with Crippen LogP contribution in [0.15, 0.2) is 23.1 Å². The third kappa shape index (κ3) is 4.60. The number of hydrogen-bond donors (Lipinski definition) is 1. The highest BCUT2D eigenvalue weighted by Crippen LogP contribution is 2.35. The Hall–Kier alpha value is -1.80. The van der Waals surface area contributed by atoms with Crippen molar-refractivity contribution in [3.8, 4) is 11.5 Å². The summed E-state index contributed by atoms with van der Waals surface area (Å²) in [6, 6.07) is 4.77. The number of carbonyl (C=O) groups is 1. The monoisotopic (exact) mass is 410 g/mol. The third-order valence-corrected chi connectivity index (χ3v) is 7.32. The van der Waals surface area contributed by atoms with E-state index in [4.69, 9.17) is 9.47 Å². The van der Waals surface area contributed by atoms with E-state index in [0.29, 0.717) is 23.5 Å². The maximum absolute atomic E-state index is 12.7. The molecule has 1 aliphatic carbocycles. The molecule has 1 aromatic carbocycles. The Labute approximate surface area is 167 Å². The minimum atomic E-state index is -3.72. The van der Waals surface area contributed by atoms with Gasteiger partial charge in [-0.3, -0.25) is 4.79 Å². The standard InChI is InChI=1S/C20H30N2O5S/c1-26-18-10-9-16(14-19(18)27-2)28(24,25)21-12-11-20(23)22-13-5-8-17(22)15-6-3-4-7-15/h9-10,14-15,17,21H,3-8,11-13H2,1-2H3. The number of hydrogen-bond acceptors (Lipinski definition) is 5. The first-order chi connectivity index (χ1) is 13.5. The van der Waals surface area contributed by atoms with E-state index >= 15 is 0 Å². The van der Waals surface area contributed by atoms with Crippen molar-refractivity contribution >= 4 is 15.9 Å². The van der Waals surface area contributed by atoms with Gasteiger partial charge in [0.15, 0.2) is 11.5 Å². The summed E-state index contributed by atoms with van der Waals surface area (Å²) >= 11 is 0. The first kappa shape index (κ1) is 20.9. The molecule has 1 N–H and O–H groups in total. The van der Waals surface area contributed by atoms with E-state index in [0.717, 1.165) is 19.4 Å². The van der Waals surface area contributed by atoms with Crippen LogP contribution in [-0.4, -0.2) is 52.6 Å². The highest BCUT2D eigenvalue weighted by Gasteiger charge is 2.35. The lowest BCUT2D eigenvalue weighted by molar-refractivity contribution is -0.132. The summed E-state index contributed by atoms with van der Waals surface area (Å²) in [6.45, 7) is 0.881. The average Bonchev–Trinajstić information content (AvgIpc) is 3.38. The molecular weight excluding hydrogens is 380 g/mol. The summed E-state index contributed by atoms with van der Waals surface area (Å²) in [7, 11) is -0.774. The number of likely N-dealkylation sites (tertiary alicyclic amines) is 1. The second-order valence-electron chi connectivity index (χ2n) is 7.51. The number of methoxy groups -OCH3 is 2. The van der Waals surface area contributed by atoms with Gasteiger partial charge in [-0.05, 0) is 43.7 Å². The van der Waals surface area contributed by atoms with Gasteiger partial charge in [0.05, 0.1) is 19.1 Å². The first-order valence-corrected chi connectivity index (χ1v) is 11.5. The van der Waals surface area contributed by atoms with Crippen molar-refractivity contribution in [2.45, 2.75) is 55.9 Å². The Morgan fingerprint density at radius 3 is 2.50 bits per heavy atom. The normalized spacial score (nSPS) is 20.5. The molecule has 1 saturated carbocycles. The van der Waals surface area contributed by atoms with Gasteiger partial charge in [0.25, 0.3) is 0 Å². The highest BCUT2D eigenvalue weighted by molar-refractivity contribution is 7.89. The van der Waals surface area contributed by atoms with Gasteiger partial charge in [-0.25, -0.2) is 13.1 Å². The van der Waals surface area contributed by atoms with E-state index in [1.807, 2.05) is 4.90 Å². The van der Waals surface area contributed by atoms with Crippen molar-refractivity contribution < 1.29 is 22.7 Å². The quantitative estimate of drug-likeness (QED) is 0.712. The molecule has 1 aromatic rings. The molecule has 0 radical (unpaired) electrons. The van der Waals surface area contributed by atoms with E-state index in [1.54, 1.807) is 6.07 Å². The molecule has 2 aliphatic rings. The van der Waals surface area contributed by atoms with Crippen molar-refractivity contribution in [2.24, 2.45) is 5.92 Å². The van der Waals surface area contributed by atoms with Gasteiger partial charge in [-0.2, -0.15) is 0 Å². The summed E-state index contributed by atoms with van der Waals surface area (Å²) in [5.41, 5.74) is 0. The summed E-state index contributed by atoms with van der Waals surface area (Å²) in [4.78, 5) is 14.7. The zero-order valence-corrected chi connectivity index (χ0v) is 17.5. The minimum absolute atomic E-state index is 0.0458. The van der Waals surface area contributed by atoms with Gasteiger partial charge >= 0.3 is 0 Å². The van der Waals surface area contributed by atoms with Crippen LogP contribution in [-0.2, 0) is 14.8 Å². The predicted molar refractivity (Wildman–Crippen MR) is 106 cm³/mol. The topological polar surface area (TPSA) is 84.9 Å². The van der Waals surface area contributed by atoms with E-state index < -0.39 is 10.0 Å². The lowest BCUT2D eigenvalue weighted by Gasteiger charge is -2.29. The van der Waals surface area contributed by atoms with Gasteiger partial charge in [-0.15, -0.1) is 0 Å². The Morgan fingerprint density at radius 1 is 1.11 bits per heavy atom. The van der Waals surface area contributed by atoms with Crippen LogP contribution in [0.5, 0.6) is 11.5 Å². The maximum Gasteiger partial charge on any atom is 0.240 e. The molecule has 1 atom stereocenters. The number of benzene rings is 1. The number of ether oxygens (including phenoxy) is 2. The Bertz CT molecular complexity index is 790. The van der Waals surface area contributed by atoms with Crippen LogP contribution in [0.2, 0.25) is 0 Å². The van der Waals surface area contributed by atoms with Crippen molar-refractivity contribution in [3.05, 3.63) is 18.2 Å². The van der Waals surface area contributed by atoms with Gasteiger partial charge in [0, 0.05) is 31.6 Å². The van der Waals surface area contributed by atoms with E-state index in [2.05, 4.69) is 4.72 Å². The molecule has 7 nitrogen and oxygen atoms in total. The van der Waals surface area contributed by atoms with E-state index in [9.17, 15) is 13.2 Å². The van der Waals surface area contributed by atoms with Gasteiger partial charge < -0.3 is 14.4 Å². The molecule has 3 rings (SSSR count). The first-order valence-electron chi connectivity index (χ1n) is 9.97. The molecule has 1 amide bonds. The molecule has 156 valence electrons. The van der Waals surface area contributed by atoms with Crippen molar-refractivity contribution in [2.75, 3.05) is 27.3 Å². The number of amides is 1. The molecule has 0 bridgehead atoms. The number of sulfonamides is 1. The molecule has 0 aromatic heterocycles. The lowest BCUT2D eigenvalue weighted by atomic mass is 9.96. The summed E-state index contributed by atoms with van der Waals surface area (Å²) in [5, 5.41) is 0. The highest BCUT2D eigenvalue weighted by atomic mass is 32.2. The summed E-state index contributed by atoms with van der Waals surface area (Å²) in [6.07, 6.45) is 7.23. The predicted octanol–water partition coefficient (Wildman–Crippen LogP) is 2.55. The molecule has 28 heavy (non-hydrogen) atoms. The number of nitrogens with one attached hydrogen (secondary N) is 1. The number of nitrogens with zero attached hydrogens (tertiary/aromatic N) is 1. The minimum Gasteiger partial charge on any atom is -0.493 e. The second-order valence-corrected chi connectivity index (χ2v) is 9.27. The molecule has 1 unspecified atom stereocenters. The smallest absolute Gasteiger partial charge is 0.240 e. The maximum atomic E-state index is 12.7. The molecule has 1 aliphatic heterocycles. The average molecular weight is 411 g/mol. The third-order valence-electron chi connectivity index (χ3n) is 5.86. The Morgan fingerprint density at radius 2 is 1.82 bits per heavy atom. The Balaban J connectivity index is 1.57. The fourth-order valence-electron chi connectivity index (χ4n) is 4.44. The van der Waals surface area contributed by atoms with Gasteiger partial charge in [0.2, 0.25) is 15.9 Å². The SMILES string of the molecule is COc1ccc(S(=O)(=O)NCCC(=O)N2CCCC2C2CCCC2)cc1OC. The lowest BCUT2D eigenvalue weighted by Crippen LogP contribution is -2.40. The molecule has 0 spiro atoms. The van der Waals surface area contributed by atoms with Crippen LogP contribution < -0.4 is 14.2 Å². The van der Waals surface area contributed by atoms with Gasteiger partial charge in [-0.1, -0.05) is 12.8 Å². The molecule has 2 fully saturated rings. The summed E-state index contributed by atoms with van der Waals surface area (Å²) in [5.74, 6) is 1.47. The molecular formula is C20H30N2O5S. The summed E-state index contributed by atoms with van der Waals surface area (Å²) < 4.78 is 37.9. The second kappa shape index (κ2) is 9.13. The fraction of sp³-hybridized carbons (Fsp3) is 0.650. The van der Waals surface area contributed by atoms with Crippen LogP contribution >= 0.6 is 0 Å². The molecule has 1 heterocycles. The van der Waals surface area contributed by atoms with Crippen LogP contribution in [0.4, 0.5) is 0 Å². The van der Waals surface area contributed by atoms with Crippen LogP contribution in [0, 0.1) is 5.92 Å². The van der Waals surface area contributed by atoms with E-state index in [-0.39, 0.29) is 23.8 Å². The Kier molecular flexibility index (Phi) is 6.82. The van der Waals surface area contributed by atoms with Crippen LogP contribution in [0.3, 0.4) is 0 Å². The zero-order valence-electron chi connectivity index (χ0n) is 16.6.